The SMILES string of the molecule is CC[C@H](C)[C@@H](NC(=O)C1CCCCC1)C(=O)Nc1nnc(-c2ccc(C)cc2)s1. The van der Waals surface area contributed by atoms with Gasteiger partial charge in [0, 0.05) is 11.5 Å². The molecule has 0 spiro atoms. The average molecular weight is 415 g/mol. The summed E-state index contributed by atoms with van der Waals surface area (Å²) in [6, 6.07) is 7.46. The van der Waals surface area contributed by atoms with Crippen molar-refractivity contribution < 1.29 is 9.59 Å². The summed E-state index contributed by atoms with van der Waals surface area (Å²) in [7, 11) is 0. The number of carbonyl (C=O) groups is 2. The van der Waals surface area contributed by atoms with Crippen LogP contribution in [0.3, 0.4) is 0 Å². The van der Waals surface area contributed by atoms with E-state index in [1.807, 2.05) is 45.0 Å². The molecule has 2 N–H and O–H groups in total. The van der Waals surface area contributed by atoms with E-state index in [0.717, 1.165) is 42.7 Å². The zero-order valence-corrected chi connectivity index (χ0v) is 18.2. The van der Waals surface area contributed by atoms with E-state index in [1.165, 1.54) is 23.3 Å². The predicted octanol–water partition coefficient (Wildman–Crippen LogP) is 4.56. The van der Waals surface area contributed by atoms with E-state index >= 15 is 0 Å². The van der Waals surface area contributed by atoms with Crippen molar-refractivity contribution in [2.24, 2.45) is 11.8 Å². The number of nitrogens with zero attached hydrogens (tertiary/aromatic N) is 2. The highest BCUT2D eigenvalue weighted by molar-refractivity contribution is 7.18. The second-order valence-electron chi connectivity index (χ2n) is 7.97. The molecule has 7 heteroatoms. The third-order valence-electron chi connectivity index (χ3n) is 5.72. The Morgan fingerprint density at radius 2 is 1.83 bits per heavy atom. The molecule has 1 aromatic carbocycles. The maximum absolute atomic E-state index is 12.9. The maximum atomic E-state index is 12.9. The largest absolute Gasteiger partial charge is 0.344 e. The molecule has 2 aromatic rings. The van der Waals surface area contributed by atoms with Crippen LogP contribution in [0.2, 0.25) is 0 Å². The first-order valence-electron chi connectivity index (χ1n) is 10.5. The smallest absolute Gasteiger partial charge is 0.249 e. The second-order valence-corrected chi connectivity index (χ2v) is 8.95. The summed E-state index contributed by atoms with van der Waals surface area (Å²) in [5.41, 5.74) is 2.15. The number of amides is 2. The monoisotopic (exact) mass is 414 g/mol. The van der Waals surface area contributed by atoms with Gasteiger partial charge < -0.3 is 5.32 Å². The van der Waals surface area contributed by atoms with Crippen molar-refractivity contribution in [3.63, 3.8) is 0 Å². The molecule has 1 fully saturated rings. The normalized spacial score (nSPS) is 16.8. The van der Waals surface area contributed by atoms with Crippen LogP contribution in [0.1, 0.15) is 57.9 Å². The van der Waals surface area contributed by atoms with Gasteiger partial charge in [0.2, 0.25) is 16.9 Å². The molecule has 1 aliphatic carbocycles. The Morgan fingerprint density at radius 1 is 1.14 bits per heavy atom. The number of aryl methyl sites for hydroxylation is 1. The molecule has 156 valence electrons. The van der Waals surface area contributed by atoms with Crippen molar-refractivity contribution in [2.75, 3.05) is 5.32 Å². The number of rotatable bonds is 7. The molecule has 0 aliphatic heterocycles. The molecule has 29 heavy (non-hydrogen) atoms. The van der Waals surface area contributed by atoms with Crippen molar-refractivity contribution in [1.29, 1.82) is 0 Å². The lowest BCUT2D eigenvalue weighted by atomic mass is 9.88. The van der Waals surface area contributed by atoms with Gasteiger partial charge in [-0.1, -0.05) is 80.7 Å². The van der Waals surface area contributed by atoms with Gasteiger partial charge in [-0.05, 0) is 25.7 Å². The molecular weight excluding hydrogens is 384 g/mol. The highest BCUT2D eigenvalue weighted by Gasteiger charge is 2.30. The maximum Gasteiger partial charge on any atom is 0.249 e. The minimum absolute atomic E-state index is 0.00255. The third kappa shape index (κ3) is 5.63. The van der Waals surface area contributed by atoms with Crippen LogP contribution >= 0.6 is 11.3 Å². The topological polar surface area (TPSA) is 84.0 Å². The van der Waals surface area contributed by atoms with E-state index in [-0.39, 0.29) is 23.7 Å². The Kier molecular flexibility index (Phi) is 7.36. The number of hydrogen-bond acceptors (Lipinski definition) is 5. The summed E-state index contributed by atoms with van der Waals surface area (Å²) < 4.78 is 0. The van der Waals surface area contributed by atoms with Crippen LogP contribution < -0.4 is 10.6 Å². The molecule has 0 unspecified atom stereocenters. The minimum atomic E-state index is -0.568. The van der Waals surface area contributed by atoms with E-state index in [1.54, 1.807) is 0 Å². The number of carbonyl (C=O) groups excluding carboxylic acids is 2. The van der Waals surface area contributed by atoms with Crippen LogP contribution in [0, 0.1) is 18.8 Å². The van der Waals surface area contributed by atoms with E-state index in [0.29, 0.717) is 5.13 Å². The molecule has 1 heterocycles. The zero-order chi connectivity index (χ0) is 20.8. The minimum Gasteiger partial charge on any atom is -0.344 e. The number of anilines is 1. The number of nitrogens with one attached hydrogen (secondary N) is 2. The van der Waals surface area contributed by atoms with Crippen LogP contribution in [0.4, 0.5) is 5.13 Å². The second kappa shape index (κ2) is 9.96. The van der Waals surface area contributed by atoms with Crippen LogP contribution in [-0.2, 0) is 9.59 Å². The Bertz CT molecular complexity index is 828. The van der Waals surface area contributed by atoms with Gasteiger partial charge in [-0.2, -0.15) is 0 Å². The Hall–Kier alpha value is -2.28. The first-order valence-corrected chi connectivity index (χ1v) is 11.3. The summed E-state index contributed by atoms with van der Waals surface area (Å²) in [6.45, 7) is 6.05. The quantitative estimate of drug-likeness (QED) is 0.695. The number of hydrogen-bond donors (Lipinski definition) is 2. The summed E-state index contributed by atoms with van der Waals surface area (Å²) >= 11 is 1.34. The summed E-state index contributed by atoms with van der Waals surface area (Å²) in [5.74, 6) is -0.164. The fourth-order valence-corrected chi connectivity index (χ4v) is 4.36. The molecule has 1 aromatic heterocycles. The third-order valence-corrected chi connectivity index (χ3v) is 6.61. The molecule has 0 bridgehead atoms. The molecule has 2 atom stereocenters. The van der Waals surface area contributed by atoms with Crippen LogP contribution in [0.25, 0.3) is 10.6 Å². The first kappa shape index (κ1) is 21.4. The molecule has 1 aliphatic rings. The molecule has 6 nitrogen and oxygen atoms in total. The first-order chi connectivity index (χ1) is 14.0. The average Bonchev–Trinajstić information content (AvgIpc) is 3.20. The van der Waals surface area contributed by atoms with Gasteiger partial charge >= 0.3 is 0 Å². The van der Waals surface area contributed by atoms with E-state index in [2.05, 4.69) is 20.8 Å². The Labute approximate surface area is 176 Å². The molecular formula is C22H30N4O2S. The van der Waals surface area contributed by atoms with Crippen LogP contribution in [0.15, 0.2) is 24.3 Å². The van der Waals surface area contributed by atoms with E-state index in [9.17, 15) is 9.59 Å². The van der Waals surface area contributed by atoms with Gasteiger partial charge in [-0.3, -0.25) is 14.9 Å². The van der Waals surface area contributed by atoms with Gasteiger partial charge in [0.1, 0.15) is 11.0 Å². The van der Waals surface area contributed by atoms with E-state index < -0.39 is 6.04 Å². The Balaban J connectivity index is 1.66. The highest BCUT2D eigenvalue weighted by Crippen LogP contribution is 2.27. The number of aromatic nitrogens is 2. The van der Waals surface area contributed by atoms with Gasteiger partial charge in [0.15, 0.2) is 0 Å². The summed E-state index contributed by atoms with van der Waals surface area (Å²) in [5, 5.41) is 15.4. The molecule has 2 amide bonds. The van der Waals surface area contributed by atoms with Crippen molar-refractivity contribution in [2.45, 2.75) is 65.3 Å². The number of benzene rings is 1. The summed E-state index contributed by atoms with van der Waals surface area (Å²) in [4.78, 5) is 25.6. The molecule has 0 saturated heterocycles. The fraction of sp³-hybridized carbons (Fsp3) is 0.545. The van der Waals surface area contributed by atoms with Gasteiger partial charge in [-0.25, -0.2) is 0 Å². The van der Waals surface area contributed by atoms with Crippen molar-refractivity contribution >= 4 is 28.3 Å². The molecule has 0 radical (unpaired) electrons. The lowest BCUT2D eigenvalue weighted by Gasteiger charge is -2.27. The van der Waals surface area contributed by atoms with E-state index in [4.69, 9.17) is 0 Å². The van der Waals surface area contributed by atoms with Crippen LogP contribution in [-0.4, -0.2) is 28.1 Å². The Morgan fingerprint density at radius 3 is 2.48 bits per heavy atom. The standard InChI is InChI=1S/C22H30N4O2S/c1-4-15(3)18(23-19(27)16-8-6-5-7-9-16)20(28)24-22-26-25-21(29-22)17-12-10-14(2)11-13-17/h10-13,15-16,18H,4-9H2,1-3H3,(H,23,27)(H,24,26,28)/t15-,18+/m0/s1. The van der Waals surface area contributed by atoms with Crippen molar-refractivity contribution in [3.8, 4) is 10.6 Å². The van der Waals surface area contributed by atoms with Gasteiger partial charge in [-0.15, -0.1) is 10.2 Å². The molecule has 3 rings (SSSR count). The lowest BCUT2D eigenvalue weighted by Crippen LogP contribution is -2.49. The molecule has 1 saturated carbocycles. The lowest BCUT2D eigenvalue weighted by molar-refractivity contribution is -0.130. The predicted molar refractivity (Wildman–Crippen MR) is 117 cm³/mol. The fourth-order valence-electron chi connectivity index (χ4n) is 3.61. The summed E-state index contributed by atoms with van der Waals surface area (Å²) in [6.07, 6.45) is 6.00. The van der Waals surface area contributed by atoms with Crippen molar-refractivity contribution in [1.82, 2.24) is 15.5 Å². The van der Waals surface area contributed by atoms with Gasteiger partial charge in [0.25, 0.3) is 0 Å². The highest BCUT2D eigenvalue weighted by atomic mass is 32.1. The zero-order valence-electron chi connectivity index (χ0n) is 17.4. The van der Waals surface area contributed by atoms with Gasteiger partial charge in [0.05, 0.1) is 0 Å². The van der Waals surface area contributed by atoms with Crippen molar-refractivity contribution in [3.05, 3.63) is 29.8 Å². The van der Waals surface area contributed by atoms with Crippen LogP contribution in [0.5, 0.6) is 0 Å².